The number of piperidine rings is 1. The van der Waals surface area contributed by atoms with E-state index in [0.717, 1.165) is 25.8 Å². The van der Waals surface area contributed by atoms with Crippen molar-refractivity contribution >= 4 is 0 Å². The van der Waals surface area contributed by atoms with Crippen LogP contribution in [0.5, 0.6) is 0 Å². The van der Waals surface area contributed by atoms with Crippen molar-refractivity contribution in [2.45, 2.75) is 51.6 Å². The molecule has 2 aliphatic rings. The fraction of sp³-hybridized carbons (Fsp3) is 1.00. The van der Waals surface area contributed by atoms with Gasteiger partial charge in [0, 0.05) is 44.4 Å². The molecule has 0 atom stereocenters. The van der Waals surface area contributed by atoms with Crippen LogP contribution in [-0.4, -0.2) is 60.8 Å². The SMILES string of the molecule is CC(C)(C)N1CCC(N2CCCOCC2)CC1. The van der Waals surface area contributed by atoms with Gasteiger partial charge in [-0.15, -0.1) is 0 Å². The van der Waals surface area contributed by atoms with Gasteiger partial charge in [0.15, 0.2) is 0 Å². The molecule has 17 heavy (non-hydrogen) atoms. The molecule has 0 N–H and O–H groups in total. The maximum Gasteiger partial charge on any atom is 0.0593 e. The molecule has 3 nitrogen and oxygen atoms in total. The topological polar surface area (TPSA) is 15.7 Å². The molecule has 0 bridgehead atoms. The summed E-state index contributed by atoms with van der Waals surface area (Å²) >= 11 is 0. The molecule has 2 saturated heterocycles. The molecule has 0 aliphatic carbocycles. The average molecular weight is 240 g/mol. The molecule has 0 spiro atoms. The summed E-state index contributed by atoms with van der Waals surface area (Å²) in [4.78, 5) is 5.28. The smallest absolute Gasteiger partial charge is 0.0593 e. The van der Waals surface area contributed by atoms with Gasteiger partial charge < -0.3 is 4.74 Å². The van der Waals surface area contributed by atoms with Crippen LogP contribution >= 0.6 is 0 Å². The van der Waals surface area contributed by atoms with Crippen LogP contribution in [0.1, 0.15) is 40.0 Å². The van der Waals surface area contributed by atoms with Gasteiger partial charge in [-0.3, -0.25) is 9.80 Å². The molecule has 3 heteroatoms. The van der Waals surface area contributed by atoms with Crippen molar-refractivity contribution in [3.8, 4) is 0 Å². The molecule has 0 aromatic heterocycles. The van der Waals surface area contributed by atoms with Crippen molar-refractivity contribution in [1.82, 2.24) is 9.80 Å². The molecule has 0 radical (unpaired) electrons. The van der Waals surface area contributed by atoms with Gasteiger partial charge in [0.2, 0.25) is 0 Å². The quantitative estimate of drug-likeness (QED) is 0.697. The van der Waals surface area contributed by atoms with E-state index < -0.39 is 0 Å². The predicted molar refractivity (Wildman–Crippen MR) is 71.4 cm³/mol. The average Bonchev–Trinajstić information content (AvgIpc) is 2.56. The first-order chi connectivity index (χ1) is 8.07. The minimum atomic E-state index is 0.340. The molecule has 2 heterocycles. The van der Waals surface area contributed by atoms with Crippen molar-refractivity contribution in [3.63, 3.8) is 0 Å². The second-order valence-corrected chi connectivity index (χ2v) is 6.39. The molecule has 2 fully saturated rings. The van der Waals surface area contributed by atoms with Crippen LogP contribution in [0.25, 0.3) is 0 Å². The highest BCUT2D eigenvalue weighted by Gasteiger charge is 2.29. The number of hydrogen-bond donors (Lipinski definition) is 0. The lowest BCUT2D eigenvalue weighted by atomic mass is 9.97. The van der Waals surface area contributed by atoms with E-state index in [1.807, 2.05) is 0 Å². The molecule has 0 aromatic carbocycles. The summed E-state index contributed by atoms with van der Waals surface area (Å²) in [6.45, 7) is 13.8. The highest BCUT2D eigenvalue weighted by atomic mass is 16.5. The summed E-state index contributed by atoms with van der Waals surface area (Å²) < 4.78 is 5.54. The Morgan fingerprint density at radius 2 is 1.65 bits per heavy atom. The van der Waals surface area contributed by atoms with Crippen molar-refractivity contribution in [1.29, 1.82) is 0 Å². The maximum absolute atomic E-state index is 5.54. The monoisotopic (exact) mass is 240 g/mol. The van der Waals surface area contributed by atoms with Crippen LogP contribution in [0.3, 0.4) is 0 Å². The van der Waals surface area contributed by atoms with Crippen molar-refractivity contribution < 1.29 is 4.74 Å². The Morgan fingerprint density at radius 1 is 0.941 bits per heavy atom. The Morgan fingerprint density at radius 3 is 2.29 bits per heavy atom. The highest BCUT2D eigenvalue weighted by molar-refractivity contribution is 4.85. The summed E-state index contributed by atoms with van der Waals surface area (Å²) in [7, 11) is 0. The van der Waals surface area contributed by atoms with Crippen molar-refractivity contribution in [2.24, 2.45) is 0 Å². The number of nitrogens with zero attached hydrogens (tertiary/aromatic N) is 2. The Kier molecular flexibility index (Phi) is 4.45. The fourth-order valence-corrected chi connectivity index (χ4v) is 3.03. The van der Waals surface area contributed by atoms with Crippen LogP contribution in [0, 0.1) is 0 Å². The standard InChI is InChI=1S/C14H28N2O/c1-14(2,3)16-8-5-13(6-9-16)15-7-4-11-17-12-10-15/h13H,4-12H2,1-3H3. The Labute approximate surface area is 106 Å². The first-order valence-corrected chi connectivity index (χ1v) is 7.14. The number of ether oxygens (including phenoxy) is 1. The molecular weight excluding hydrogens is 212 g/mol. The van der Waals surface area contributed by atoms with Gasteiger partial charge in [-0.25, -0.2) is 0 Å². The van der Waals surface area contributed by atoms with E-state index in [0.29, 0.717) is 5.54 Å². The summed E-state index contributed by atoms with van der Waals surface area (Å²) in [5, 5.41) is 0. The Hall–Kier alpha value is -0.120. The molecule has 0 aromatic rings. The van der Waals surface area contributed by atoms with Crippen LogP contribution < -0.4 is 0 Å². The van der Waals surface area contributed by atoms with Crippen molar-refractivity contribution in [3.05, 3.63) is 0 Å². The van der Waals surface area contributed by atoms with E-state index in [1.54, 1.807) is 0 Å². The zero-order valence-electron chi connectivity index (χ0n) is 11.7. The van der Waals surface area contributed by atoms with Gasteiger partial charge in [0.25, 0.3) is 0 Å². The largest absolute Gasteiger partial charge is 0.380 e. The summed E-state index contributed by atoms with van der Waals surface area (Å²) in [6, 6.07) is 0.801. The fourth-order valence-electron chi connectivity index (χ4n) is 3.03. The summed E-state index contributed by atoms with van der Waals surface area (Å²) in [5.41, 5.74) is 0.340. The van der Waals surface area contributed by atoms with E-state index in [2.05, 4.69) is 30.6 Å². The lowest BCUT2D eigenvalue weighted by Crippen LogP contribution is -2.51. The normalized spacial score (nSPS) is 27.0. The molecule has 0 saturated carbocycles. The van der Waals surface area contributed by atoms with Gasteiger partial charge in [-0.05, 0) is 40.0 Å². The summed E-state index contributed by atoms with van der Waals surface area (Å²) in [5.74, 6) is 0. The zero-order chi connectivity index (χ0) is 12.3. The minimum Gasteiger partial charge on any atom is -0.380 e. The highest BCUT2D eigenvalue weighted by Crippen LogP contribution is 2.23. The first-order valence-electron chi connectivity index (χ1n) is 7.14. The van der Waals surface area contributed by atoms with Gasteiger partial charge in [0.1, 0.15) is 0 Å². The van der Waals surface area contributed by atoms with Gasteiger partial charge >= 0.3 is 0 Å². The Bertz CT molecular complexity index is 221. The predicted octanol–water partition coefficient (Wildman–Crippen LogP) is 1.97. The van der Waals surface area contributed by atoms with Crippen LogP contribution in [0.4, 0.5) is 0 Å². The minimum absolute atomic E-state index is 0.340. The van der Waals surface area contributed by atoms with E-state index in [-0.39, 0.29) is 0 Å². The van der Waals surface area contributed by atoms with Crippen LogP contribution in [-0.2, 0) is 4.74 Å². The first kappa shape index (κ1) is 13.3. The second kappa shape index (κ2) is 5.68. The molecule has 0 unspecified atom stereocenters. The van der Waals surface area contributed by atoms with E-state index in [9.17, 15) is 0 Å². The van der Waals surface area contributed by atoms with Gasteiger partial charge in [-0.1, -0.05) is 0 Å². The molecule has 2 aliphatic heterocycles. The molecular formula is C14H28N2O. The zero-order valence-corrected chi connectivity index (χ0v) is 11.7. The molecule has 0 amide bonds. The molecule has 2 rings (SSSR count). The van der Waals surface area contributed by atoms with E-state index in [4.69, 9.17) is 4.74 Å². The second-order valence-electron chi connectivity index (χ2n) is 6.39. The van der Waals surface area contributed by atoms with Crippen molar-refractivity contribution in [2.75, 3.05) is 39.4 Å². The Balaban J connectivity index is 1.81. The number of rotatable bonds is 1. The van der Waals surface area contributed by atoms with E-state index >= 15 is 0 Å². The molecule has 100 valence electrons. The summed E-state index contributed by atoms with van der Waals surface area (Å²) in [6.07, 6.45) is 3.87. The lowest BCUT2D eigenvalue weighted by Gasteiger charge is -2.43. The number of likely N-dealkylation sites (tertiary alicyclic amines) is 1. The van der Waals surface area contributed by atoms with Gasteiger partial charge in [-0.2, -0.15) is 0 Å². The maximum atomic E-state index is 5.54. The third-order valence-electron chi connectivity index (χ3n) is 4.19. The third kappa shape index (κ3) is 3.67. The van der Waals surface area contributed by atoms with Crippen LogP contribution in [0.2, 0.25) is 0 Å². The van der Waals surface area contributed by atoms with E-state index in [1.165, 1.54) is 38.9 Å². The third-order valence-corrected chi connectivity index (χ3v) is 4.19. The van der Waals surface area contributed by atoms with Gasteiger partial charge in [0.05, 0.1) is 6.61 Å². The number of hydrogen-bond acceptors (Lipinski definition) is 3. The lowest BCUT2D eigenvalue weighted by molar-refractivity contribution is 0.0541. The van der Waals surface area contributed by atoms with Crippen LogP contribution in [0.15, 0.2) is 0 Å².